The summed E-state index contributed by atoms with van der Waals surface area (Å²) in [4.78, 5) is 34.6. The van der Waals surface area contributed by atoms with E-state index < -0.39 is 35.0 Å². The fourth-order valence-corrected chi connectivity index (χ4v) is 4.28. The number of hydrogen-bond acceptors (Lipinski definition) is 6. The fourth-order valence-electron chi connectivity index (χ4n) is 2.14. The lowest BCUT2D eigenvalue weighted by molar-refractivity contribution is -0.160. The number of anilines is 1. The Morgan fingerprint density at radius 2 is 1.86 bits per heavy atom. The molecule has 0 spiro atoms. The van der Waals surface area contributed by atoms with E-state index in [9.17, 15) is 31.9 Å². The van der Waals surface area contributed by atoms with Crippen LogP contribution in [0.3, 0.4) is 0 Å². The molecule has 1 aromatic heterocycles. The molecule has 0 radical (unpaired) electrons. The molecule has 0 bridgehead atoms. The van der Waals surface area contributed by atoms with Crippen LogP contribution in [0.2, 0.25) is 0 Å². The molecule has 5 nitrogen and oxygen atoms in total. The van der Waals surface area contributed by atoms with Gasteiger partial charge in [0, 0.05) is 11.8 Å². The number of rotatable bonds is 6. The normalized spacial score (nSPS) is 11.8. The maximum Gasteiger partial charge on any atom is 0.416 e. The third-order valence-electron chi connectivity index (χ3n) is 3.51. The average Bonchev–Trinajstić information content (AvgIpc) is 2.96. The van der Waals surface area contributed by atoms with Crippen molar-refractivity contribution in [3.8, 4) is 0 Å². The van der Waals surface area contributed by atoms with Crippen LogP contribution in [0.1, 0.15) is 36.7 Å². The second-order valence-electron chi connectivity index (χ2n) is 6.27. The van der Waals surface area contributed by atoms with Crippen molar-refractivity contribution >= 4 is 46.3 Å². The first-order valence-electron chi connectivity index (χ1n) is 7.98. The highest BCUT2D eigenvalue weighted by Crippen LogP contribution is 2.40. The van der Waals surface area contributed by atoms with E-state index in [-0.39, 0.29) is 15.5 Å². The molecule has 1 N–H and O–H groups in total. The van der Waals surface area contributed by atoms with Crippen molar-refractivity contribution in [2.75, 3.05) is 5.32 Å². The summed E-state index contributed by atoms with van der Waals surface area (Å²) in [6.07, 6.45) is -4.19. The Balaban J connectivity index is 2.23. The Morgan fingerprint density at radius 1 is 1.21 bits per heavy atom. The van der Waals surface area contributed by atoms with E-state index in [1.54, 1.807) is 0 Å². The molecule has 0 fully saturated rings. The molecule has 2 aromatic rings. The predicted octanol–water partition coefficient (Wildman–Crippen LogP) is 5.15. The molecule has 0 unspecified atom stereocenters. The van der Waals surface area contributed by atoms with Gasteiger partial charge in [0.25, 0.3) is 5.91 Å². The number of alkyl halides is 3. The van der Waals surface area contributed by atoms with Gasteiger partial charge in [-0.25, -0.2) is 4.39 Å². The van der Waals surface area contributed by atoms with E-state index in [2.05, 4.69) is 5.32 Å². The van der Waals surface area contributed by atoms with E-state index in [1.165, 1.54) is 19.9 Å². The van der Waals surface area contributed by atoms with Crippen LogP contribution < -0.4 is 5.32 Å². The van der Waals surface area contributed by atoms with Crippen LogP contribution >= 0.6 is 23.1 Å². The molecule has 0 aliphatic rings. The van der Waals surface area contributed by atoms with Crippen molar-refractivity contribution in [1.82, 2.24) is 0 Å². The van der Waals surface area contributed by atoms with Gasteiger partial charge >= 0.3 is 12.1 Å². The maximum atomic E-state index is 14.0. The molecule has 29 heavy (non-hydrogen) atoms. The number of halogens is 4. The van der Waals surface area contributed by atoms with Gasteiger partial charge in [-0.2, -0.15) is 13.2 Å². The minimum absolute atomic E-state index is 0.0742. The van der Waals surface area contributed by atoms with Crippen LogP contribution in [0, 0.1) is 5.82 Å². The number of ether oxygens (including phenoxy) is 1. The van der Waals surface area contributed by atoms with E-state index in [0.29, 0.717) is 16.6 Å². The highest BCUT2D eigenvalue weighted by atomic mass is 32.2. The van der Waals surface area contributed by atoms with Crippen molar-refractivity contribution in [3.05, 3.63) is 41.2 Å². The molecule has 2 rings (SSSR count). The van der Waals surface area contributed by atoms with Crippen molar-refractivity contribution in [1.29, 1.82) is 0 Å². The smallest absolute Gasteiger partial charge is 0.416 e. The lowest BCUT2D eigenvalue weighted by Gasteiger charge is -2.22. The zero-order valence-corrected chi connectivity index (χ0v) is 17.0. The second kappa shape index (κ2) is 8.54. The Bertz CT molecular complexity index is 954. The second-order valence-corrected chi connectivity index (χ2v) is 8.67. The summed E-state index contributed by atoms with van der Waals surface area (Å²) in [5.74, 6) is -2.41. The van der Waals surface area contributed by atoms with Crippen LogP contribution in [0.15, 0.2) is 33.4 Å². The molecule has 0 saturated carbocycles. The zero-order chi connectivity index (χ0) is 22.0. The van der Waals surface area contributed by atoms with Crippen molar-refractivity contribution < 1.29 is 36.7 Å². The molecule has 1 aromatic carbocycles. The first-order chi connectivity index (χ1) is 13.3. The SMILES string of the molecule is CC(=O)OC(C)(C)C(=O)Nc1sc(Sc2ccc(C(F)(F)F)cc2F)cc1C=O. The third kappa shape index (κ3) is 5.80. The molecule has 1 heterocycles. The Hall–Kier alpha value is -2.40. The number of esters is 1. The third-order valence-corrected chi connectivity index (χ3v) is 5.74. The number of aldehydes is 1. The Kier molecular flexibility index (Phi) is 6.74. The number of hydrogen-bond donors (Lipinski definition) is 1. The van der Waals surface area contributed by atoms with Crippen LogP contribution in [-0.4, -0.2) is 23.8 Å². The van der Waals surface area contributed by atoms with Crippen LogP contribution in [0.25, 0.3) is 0 Å². The van der Waals surface area contributed by atoms with Crippen LogP contribution in [0.5, 0.6) is 0 Å². The Labute approximate surface area is 171 Å². The van der Waals surface area contributed by atoms with Crippen LogP contribution in [-0.2, 0) is 20.5 Å². The van der Waals surface area contributed by atoms with E-state index in [0.717, 1.165) is 42.2 Å². The molecule has 156 valence electrons. The Morgan fingerprint density at radius 3 is 2.38 bits per heavy atom. The highest BCUT2D eigenvalue weighted by molar-refractivity contribution is 8.01. The average molecular weight is 449 g/mol. The lowest BCUT2D eigenvalue weighted by Crippen LogP contribution is -2.41. The fraction of sp³-hybridized carbons (Fsp3) is 0.278. The van der Waals surface area contributed by atoms with Gasteiger partial charge in [0.05, 0.1) is 15.3 Å². The summed E-state index contributed by atoms with van der Waals surface area (Å²) < 4.78 is 57.3. The molecular weight excluding hydrogens is 434 g/mol. The van der Waals surface area contributed by atoms with Gasteiger partial charge < -0.3 is 10.1 Å². The molecule has 0 aliphatic carbocycles. The first kappa shape index (κ1) is 22.9. The number of thiophene rings is 1. The molecule has 0 atom stereocenters. The predicted molar refractivity (Wildman–Crippen MR) is 99.7 cm³/mol. The zero-order valence-electron chi connectivity index (χ0n) is 15.3. The van der Waals surface area contributed by atoms with Crippen LogP contribution in [0.4, 0.5) is 22.6 Å². The van der Waals surface area contributed by atoms with E-state index in [1.807, 2.05) is 0 Å². The number of amides is 1. The lowest BCUT2D eigenvalue weighted by atomic mass is 10.1. The number of carbonyl (C=O) groups excluding carboxylic acids is 3. The monoisotopic (exact) mass is 449 g/mol. The first-order valence-corrected chi connectivity index (χ1v) is 9.61. The van der Waals surface area contributed by atoms with Gasteiger partial charge in [0.2, 0.25) is 0 Å². The molecule has 0 saturated heterocycles. The van der Waals surface area contributed by atoms with Gasteiger partial charge in [-0.3, -0.25) is 14.4 Å². The summed E-state index contributed by atoms with van der Waals surface area (Å²) in [6.45, 7) is 3.88. The summed E-state index contributed by atoms with van der Waals surface area (Å²) in [5.41, 5.74) is -2.51. The van der Waals surface area contributed by atoms with Gasteiger partial charge in [-0.1, -0.05) is 11.8 Å². The minimum Gasteiger partial charge on any atom is -0.450 e. The quantitative estimate of drug-likeness (QED) is 0.375. The van der Waals surface area contributed by atoms with E-state index >= 15 is 0 Å². The van der Waals surface area contributed by atoms with Gasteiger partial charge in [-0.15, -0.1) is 11.3 Å². The minimum atomic E-state index is -4.66. The standard InChI is InChI=1S/C18H15F4NO4S2/c1-9(25)27-17(2,3)16(26)23-15-10(8-24)6-14(29-15)28-13-5-4-11(7-12(13)19)18(20,21)22/h4-8H,1-3H3,(H,23,26). The van der Waals surface area contributed by atoms with Gasteiger partial charge in [0.1, 0.15) is 10.8 Å². The van der Waals surface area contributed by atoms with E-state index in [4.69, 9.17) is 4.74 Å². The summed E-state index contributed by atoms with van der Waals surface area (Å²) >= 11 is 1.74. The topological polar surface area (TPSA) is 72.5 Å². The van der Waals surface area contributed by atoms with Crippen molar-refractivity contribution in [3.63, 3.8) is 0 Å². The van der Waals surface area contributed by atoms with Gasteiger partial charge in [-0.05, 0) is 38.1 Å². The number of carbonyl (C=O) groups is 3. The molecule has 11 heteroatoms. The highest BCUT2D eigenvalue weighted by Gasteiger charge is 2.33. The van der Waals surface area contributed by atoms with Crippen molar-refractivity contribution in [2.24, 2.45) is 0 Å². The summed E-state index contributed by atoms with van der Waals surface area (Å²) in [7, 11) is 0. The van der Waals surface area contributed by atoms with Gasteiger partial charge in [0.15, 0.2) is 11.9 Å². The number of benzene rings is 1. The van der Waals surface area contributed by atoms with Crippen molar-refractivity contribution in [2.45, 2.75) is 41.7 Å². The largest absolute Gasteiger partial charge is 0.450 e. The molecule has 0 aliphatic heterocycles. The molecule has 1 amide bonds. The summed E-state index contributed by atoms with van der Waals surface area (Å²) in [6, 6.07) is 3.50. The number of nitrogens with one attached hydrogen (secondary N) is 1. The molecular formula is C18H15F4NO4S2. The maximum absolute atomic E-state index is 14.0. The summed E-state index contributed by atoms with van der Waals surface area (Å²) in [5, 5.41) is 2.61.